The highest BCUT2D eigenvalue weighted by atomic mass is 19.1. The van der Waals surface area contributed by atoms with Crippen molar-refractivity contribution in [3.05, 3.63) is 12.2 Å². The topological polar surface area (TPSA) is 57.5 Å². The standard InChI is InChI=1S/C10H15FO3/c1-2-7-3-5-10(14,6-4-7)8(11)9(12)13/h3,5,7-8,14H,2,4,6H2,1H3,(H,12,13). The van der Waals surface area contributed by atoms with Gasteiger partial charge in [-0.25, -0.2) is 9.18 Å². The smallest absolute Gasteiger partial charge is 0.341 e. The Balaban J connectivity index is 2.73. The molecule has 0 saturated heterocycles. The predicted octanol–water partition coefficient (Wildman–Crippen LogP) is 1.52. The van der Waals surface area contributed by atoms with E-state index >= 15 is 0 Å². The third-order valence-corrected chi connectivity index (χ3v) is 2.75. The number of hydrogen-bond donors (Lipinski definition) is 2. The molecule has 0 amide bonds. The molecule has 4 heteroatoms. The molecule has 0 heterocycles. The molecular weight excluding hydrogens is 187 g/mol. The lowest BCUT2D eigenvalue weighted by Gasteiger charge is -2.31. The van der Waals surface area contributed by atoms with Crippen LogP contribution in [-0.2, 0) is 4.79 Å². The number of aliphatic carboxylic acids is 1. The van der Waals surface area contributed by atoms with Crippen LogP contribution in [0.25, 0.3) is 0 Å². The van der Waals surface area contributed by atoms with Gasteiger partial charge in [-0.1, -0.05) is 19.1 Å². The minimum absolute atomic E-state index is 0.176. The highest BCUT2D eigenvalue weighted by Crippen LogP contribution is 2.31. The van der Waals surface area contributed by atoms with Crippen molar-refractivity contribution in [3.63, 3.8) is 0 Å². The summed E-state index contributed by atoms with van der Waals surface area (Å²) in [6.07, 6.45) is 2.52. The minimum atomic E-state index is -2.23. The summed E-state index contributed by atoms with van der Waals surface area (Å²) in [6.45, 7) is 2.00. The van der Waals surface area contributed by atoms with E-state index in [1.807, 2.05) is 6.92 Å². The van der Waals surface area contributed by atoms with Crippen LogP contribution in [-0.4, -0.2) is 28.0 Å². The second-order valence-electron chi connectivity index (χ2n) is 3.76. The molecule has 3 unspecified atom stereocenters. The van der Waals surface area contributed by atoms with Crippen LogP contribution in [0.2, 0.25) is 0 Å². The Morgan fingerprint density at radius 1 is 1.79 bits per heavy atom. The SMILES string of the molecule is CCC1C=CC(O)(C(F)C(=O)O)CC1. The van der Waals surface area contributed by atoms with Crippen LogP contribution in [0.5, 0.6) is 0 Å². The van der Waals surface area contributed by atoms with Gasteiger partial charge in [-0.05, 0) is 25.2 Å². The van der Waals surface area contributed by atoms with Gasteiger partial charge < -0.3 is 10.2 Å². The van der Waals surface area contributed by atoms with Crippen molar-refractivity contribution >= 4 is 5.97 Å². The van der Waals surface area contributed by atoms with Gasteiger partial charge in [0.05, 0.1) is 0 Å². The molecule has 80 valence electrons. The molecule has 0 saturated carbocycles. The third kappa shape index (κ3) is 2.12. The van der Waals surface area contributed by atoms with E-state index < -0.39 is 17.7 Å². The Morgan fingerprint density at radius 2 is 2.43 bits per heavy atom. The lowest BCUT2D eigenvalue weighted by Crippen LogP contribution is -2.44. The molecule has 14 heavy (non-hydrogen) atoms. The Kier molecular flexibility index (Phi) is 3.26. The molecule has 2 N–H and O–H groups in total. The number of alkyl halides is 1. The maximum atomic E-state index is 13.1. The van der Waals surface area contributed by atoms with Crippen LogP contribution in [0.15, 0.2) is 12.2 Å². The van der Waals surface area contributed by atoms with E-state index in [9.17, 15) is 14.3 Å². The van der Waals surface area contributed by atoms with Gasteiger partial charge in [0.25, 0.3) is 0 Å². The summed E-state index contributed by atoms with van der Waals surface area (Å²) in [4.78, 5) is 10.4. The summed E-state index contributed by atoms with van der Waals surface area (Å²) < 4.78 is 13.1. The molecule has 3 nitrogen and oxygen atoms in total. The van der Waals surface area contributed by atoms with Crippen molar-refractivity contribution in [1.82, 2.24) is 0 Å². The average molecular weight is 202 g/mol. The first-order valence-electron chi connectivity index (χ1n) is 4.78. The number of carboxylic acid groups (broad SMARTS) is 1. The van der Waals surface area contributed by atoms with Gasteiger partial charge >= 0.3 is 5.97 Å². The Bertz CT molecular complexity index is 252. The number of carboxylic acids is 1. The van der Waals surface area contributed by atoms with Gasteiger partial charge in [-0.2, -0.15) is 0 Å². The Hall–Kier alpha value is -0.900. The molecular formula is C10H15FO3. The molecule has 3 atom stereocenters. The molecule has 0 aliphatic heterocycles. The number of rotatable bonds is 3. The first kappa shape index (κ1) is 11.2. The molecule has 1 aliphatic rings. The zero-order chi connectivity index (χ0) is 10.8. The fraction of sp³-hybridized carbons (Fsp3) is 0.700. The third-order valence-electron chi connectivity index (χ3n) is 2.75. The summed E-state index contributed by atoms with van der Waals surface area (Å²) >= 11 is 0. The lowest BCUT2D eigenvalue weighted by molar-refractivity contribution is -0.151. The molecule has 0 aromatic rings. The van der Waals surface area contributed by atoms with E-state index in [1.165, 1.54) is 6.08 Å². The fourth-order valence-corrected chi connectivity index (χ4v) is 1.66. The van der Waals surface area contributed by atoms with Crippen LogP contribution in [0, 0.1) is 5.92 Å². The summed E-state index contributed by atoms with van der Waals surface area (Å²) in [5, 5.41) is 18.1. The number of allylic oxidation sites excluding steroid dienone is 1. The quantitative estimate of drug-likeness (QED) is 0.682. The molecule has 0 aromatic heterocycles. The Morgan fingerprint density at radius 3 is 2.79 bits per heavy atom. The summed E-state index contributed by atoms with van der Waals surface area (Å²) in [5.74, 6) is -1.27. The monoisotopic (exact) mass is 202 g/mol. The minimum Gasteiger partial charge on any atom is -0.479 e. The van der Waals surface area contributed by atoms with Crippen molar-refractivity contribution in [3.8, 4) is 0 Å². The zero-order valence-electron chi connectivity index (χ0n) is 8.11. The van der Waals surface area contributed by atoms with Gasteiger partial charge in [0.1, 0.15) is 5.60 Å². The van der Waals surface area contributed by atoms with Crippen molar-refractivity contribution in [2.24, 2.45) is 5.92 Å². The zero-order valence-corrected chi connectivity index (χ0v) is 8.11. The normalized spacial score (nSPS) is 34.1. The van der Waals surface area contributed by atoms with Crippen LogP contribution in [0.3, 0.4) is 0 Å². The van der Waals surface area contributed by atoms with E-state index in [4.69, 9.17) is 5.11 Å². The van der Waals surface area contributed by atoms with E-state index in [-0.39, 0.29) is 6.42 Å². The predicted molar refractivity (Wildman–Crippen MR) is 49.6 cm³/mol. The van der Waals surface area contributed by atoms with Crippen LogP contribution in [0.4, 0.5) is 4.39 Å². The molecule has 1 rings (SSSR count). The van der Waals surface area contributed by atoms with Gasteiger partial charge in [0, 0.05) is 0 Å². The highest BCUT2D eigenvalue weighted by Gasteiger charge is 2.41. The summed E-state index contributed by atoms with van der Waals surface area (Å²) in [6, 6.07) is 0. The average Bonchev–Trinajstić information content (AvgIpc) is 2.18. The number of halogens is 1. The first-order chi connectivity index (χ1) is 6.49. The van der Waals surface area contributed by atoms with E-state index in [1.54, 1.807) is 6.08 Å². The lowest BCUT2D eigenvalue weighted by atomic mass is 9.81. The van der Waals surface area contributed by atoms with Crippen molar-refractivity contribution in [1.29, 1.82) is 0 Å². The summed E-state index contributed by atoms with van der Waals surface area (Å²) in [7, 11) is 0. The number of aliphatic hydroxyl groups is 1. The summed E-state index contributed by atoms with van der Waals surface area (Å²) in [5.41, 5.74) is -1.81. The van der Waals surface area contributed by atoms with E-state index in [2.05, 4.69) is 0 Å². The largest absolute Gasteiger partial charge is 0.479 e. The van der Waals surface area contributed by atoms with Crippen molar-refractivity contribution in [2.45, 2.75) is 38.0 Å². The molecule has 1 aliphatic carbocycles. The Labute approximate surface area is 82.2 Å². The molecule has 0 fully saturated rings. The molecule has 0 aromatic carbocycles. The van der Waals surface area contributed by atoms with E-state index in [0.717, 1.165) is 6.42 Å². The van der Waals surface area contributed by atoms with Gasteiger partial charge in [0.15, 0.2) is 0 Å². The van der Waals surface area contributed by atoms with Crippen molar-refractivity contribution in [2.75, 3.05) is 0 Å². The maximum Gasteiger partial charge on any atom is 0.341 e. The van der Waals surface area contributed by atoms with Crippen LogP contribution in [0.1, 0.15) is 26.2 Å². The van der Waals surface area contributed by atoms with Crippen LogP contribution < -0.4 is 0 Å². The number of hydrogen-bond acceptors (Lipinski definition) is 2. The molecule has 0 spiro atoms. The van der Waals surface area contributed by atoms with Gasteiger partial charge in [-0.3, -0.25) is 0 Å². The fourth-order valence-electron chi connectivity index (χ4n) is 1.66. The van der Waals surface area contributed by atoms with E-state index in [0.29, 0.717) is 12.3 Å². The highest BCUT2D eigenvalue weighted by molar-refractivity contribution is 5.74. The van der Waals surface area contributed by atoms with Gasteiger partial charge in [0.2, 0.25) is 6.17 Å². The number of carbonyl (C=O) groups is 1. The second kappa shape index (κ2) is 4.09. The maximum absolute atomic E-state index is 13.1. The van der Waals surface area contributed by atoms with Gasteiger partial charge in [-0.15, -0.1) is 0 Å². The second-order valence-corrected chi connectivity index (χ2v) is 3.76. The molecule has 0 bridgehead atoms. The van der Waals surface area contributed by atoms with Crippen molar-refractivity contribution < 1.29 is 19.4 Å². The first-order valence-corrected chi connectivity index (χ1v) is 4.78. The molecule has 0 radical (unpaired) electrons. The van der Waals surface area contributed by atoms with Crippen LogP contribution >= 0.6 is 0 Å².